The van der Waals surface area contributed by atoms with Gasteiger partial charge in [-0.3, -0.25) is 0 Å². The van der Waals surface area contributed by atoms with Crippen molar-refractivity contribution in [1.29, 1.82) is 0 Å². The van der Waals surface area contributed by atoms with Crippen molar-refractivity contribution in [2.24, 2.45) is 0 Å². The molecule has 0 aromatic heterocycles. The maximum Gasteiger partial charge on any atom is 0.321 e. The molecule has 2 amide bonds. The lowest BCUT2D eigenvalue weighted by Gasteiger charge is -2.33. The van der Waals surface area contributed by atoms with Crippen LogP contribution in [0.4, 0.5) is 14.9 Å². The van der Waals surface area contributed by atoms with E-state index in [-0.39, 0.29) is 24.9 Å². The summed E-state index contributed by atoms with van der Waals surface area (Å²) in [6, 6.07) is 3.83. The van der Waals surface area contributed by atoms with Gasteiger partial charge in [0, 0.05) is 31.9 Å². The lowest BCUT2D eigenvalue weighted by atomic mass is 10.2. The summed E-state index contributed by atoms with van der Waals surface area (Å²) in [5.41, 5.74) is 1.19. The van der Waals surface area contributed by atoms with Gasteiger partial charge in [0.05, 0.1) is 6.26 Å². The van der Waals surface area contributed by atoms with Crippen molar-refractivity contribution in [2.75, 3.05) is 37.8 Å². The fourth-order valence-corrected chi connectivity index (χ4v) is 3.01. The minimum absolute atomic E-state index is 0.286. The van der Waals surface area contributed by atoms with Crippen LogP contribution in [0, 0.1) is 12.7 Å². The third-order valence-electron chi connectivity index (χ3n) is 3.42. The molecule has 1 saturated heterocycles. The highest BCUT2D eigenvalue weighted by atomic mass is 32.2. The number of urea groups is 1. The van der Waals surface area contributed by atoms with Crippen molar-refractivity contribution >= 4 is 21.7 Å². The van der Waals surface area contributed by atoms with E-state index in [1.807, 2.05) is 0 Å². The molecular weight excluding hydrogens is 297 g/mol. The number of amides is 2. The number of nitrogens with one attached hydrogen (secondary N) is 1. The molecule has 8 heteroatoms. The maximum atomic E-state index is 13.0. The molecule has 6 nitrogen and oxygen atoms in total. The molecule has 1 aliphatic rings. The molecule has 1 heterocycles. The molecule has 21 heavy (non-hydrogen) atoms. The van der Waals surface area contributed by atoms with Crippen LogP contribution in [-0.4, -0.2) is 56.1 Å². The first-order chi connectivity index (χ1) is 9.77. The molecule has 0 saturated carbocycles. The van der Waals surface area contributed by atoms with Gasteiger partial charge in [0.15, 0.2) is 0 Å². The summed E-state index contributed by atoms with van der Waals surface area (Å²) in [7, 11) is -3.21. The van der Waals surface area contributed by atoms with E-state index in [4.69, 9.17) is 0 Å². The summed E-state index contributed by atoms with van der Waals surface area (Å²) in [5, 5.41) is 2.71. The summed E-state index contributed by atoms with van der Waals surface area (Å²) >= 11 is 0. The van der Waals surface area contributed by atoms with Crippen molar-refractivity contribution in [3.8, 4) is 0 Å². The summed E-state index contributed by atoms with van der Waals surface area (Å²) in [6.45, 7) is 2.95. The van der Waals surface area contributed by atoms with E-state index in [1.54, 1.807) is 11.8 Å². The predicted molar refractivity (Wildman–Crippen MR) is 78.1 cm³/mol. The minimum Gasteiger partial charge on any atom is -0.322 e. The second-order valence-electron chi connectivity index (χ2n) is 5.04. The number of hydrogen-bond donors (Lipinski definition) is 1. The van der Waals surface area contributed by atoms with Crippen LogP contribution in [-0.2, 0) is 10.0 Å². The molecule has 0 unspecified atom stereocenters. The number of anilines is 1. The first kappa shape index (κ1) is 15.7. The van der Waals surface area contributed by atoms with Gasteiger partial charge in [0.1, 0.15) is 5.82 Å². The van der Waals surface area contributed by atoms with E-state index in [0.717, 1.165) is 6.26 Å². The van der Waals surface area contributed by atoms with E-state index in [0.29, 0.717) is 24.3 Å². The number of aryl methyl sites for hydroxylation is 1. The van der Waals surface area contributed by atoms with Crippen LogP contribution in [0.25, 0.3) is 0 Å². The summed E-state index contributed by atoms with van der Waals surface area (Å²) < 4.78 is 37.2. The molecule has 1 aromatic carbocycles. The molecule has 1 fully saturated rings. The van der Waals surface area contributed by atoms with Gasteiger partial charge in [-0.15, -0.1) is 0 Å². The first-order valence-electron chi connectivity index (χ1n) is 6.54. The highest BCUT2D eigenvalue weighted by Gasteiger charge is 2.26. The molecule has 0 spiro atoms. The lowest BCUT2D eigenvalue weighted by Crippen LogP contribution is -2.51. The van der Waals surface area contributed by atoms with E-state index >= 15 is 0 Å². The summed E-state index contributed by atoms with van der Waals surface area (Å²) in [6.07, 6.45) is 1.16. The zero-order valence-electron chi connectivity index (χ0n) is 12.0. The fraction of sp³-hybridized carbons (Fsp3) is 0.462. The molecule has 2 rings (SSSR count). The second-order valence-corrected chi connectivity index (χ2v) is 7.02. The van der Waals surface area contributed by atoms with Gasteiger partial charge in [-0.2, -0.15) is 4.31 Å². The number of piperazine rings is 1. The second kappa shape index (κ2) is 5.98. The molecule has 116 valence electrons. The SMILES string of the molecule is Cc1cc(F)ccc1NC(=O)N1CCN(S(C)(=O)=O)CC1. The van der Waals surface area contributed by atoms with E-state index in [2.05, 4.69) is 5.32 Å². The van der Waals surface area contributed by atoms with Gasteiger partial charge < -0.3 is 10.2 Å². The maximum absolute atomic E-state index is 13.0. The quantitative estimate of drug-likeness (QED) is 0.893. The summed E-state index contributed by atoms with van der Waals surface area (Å²) in [5.74, 6) is -0.354. The minimum atomic E-state index is -3.21. The Kier molecular flexibility index (Phi) is 4.48. The van der Waals surface area contributed by atoms with Gasteiger partial charge in [0.25, 0.3) is 0 Å². The van der Waals surface area contributed by atoms with Crippen LogP contribution in [0.5, 0.6) is 0 Å². The number of carbonyl (C=O) groups is 1. The normalized spacial score (nSPS) is 16.8. The van der Waals surface area contributed by atoms with Crippen LogP contribution in [0.15, 0.2) is 18.2 Å². The Hall–Kier alpha value is -1.67. The molecule has 0 aliphatic carbocycles. The standard InChI is InChI=1S/C13H18FN3O3S/c1-10-9-11(14)3-4-12(10)15-13(18)16-5-7-17(8-6-16)21(2,19)20/h3-4,9H,5-8H2,1-2H3,(H,15,18). The van der Waals surface area contributed by atoms with Gasteiger partial charge in [-0.1, -0.05) is 0 Å². The molecule has 0 atom stereocenters. The molecular formula is C13H18FN3O3S. The first-order valence-corrected chi connectivity index (χ1v) is 8.39. The Balaban J connectivity index is 1.96. The molecule has 1 aromatic rings. The third-order valence-corrected chi connectivity index (χ3v) is 4.73. The Morgan fingerprint density at radius 2 is 1.86 bits per heavy atom. The lowest BCUT2D eigenvalue weighted by molar-refractivity contribution is 0.184. The highest BCUT2D eigenvalue weighted by molar-refractivity contribution is 7.88. The number of hydrogen-bond acceptors (Lipinski definition) is 3. The largest absolute Gasteiger partial charge is 0.322 e. The number of carbonyl (C=O) groups excluding carboxylic acids is 1. The van der Waals surface area contributed by atoms with Crippen molar-refractivity contribution in [1.82, 2.24) is 9.21 Å². The molecule has 0 bridgehead atoms. The van der Waals surface area contributed by atoms with Crippen LogP contribution >= 0.6 is 0 Å². The predicted octanol–water partition coefficient (Wildman–Crippen LogP) is 1.24. The van der Waals surface area contributed by atoms with Crippen molar-refractivity contribution in [3.05, 3.63) is 29.6 Å². The smallest absolute Gasteiger partial charge is 0.321 e. The van der Waals surface area contributed by atoms with Crippen LogP contribution in [0.3, 0.4) is 0 Å². The van der Waals surface area contributed by atoms with Crippen LogP contribution in [0.2, 0.25) is 0 Å². The van der Waals surface area contributed by atoms with Crippen molar-refractivity contribution in [2.45, 2.75) is 6.92 Å². The Morgan fingerprint density at radius 3 is 2.38 bits per heavy atom. The molecule has 1 N–H and O–H groups in total. The van der Waals surface area contributed by atoms with Crippen LogP contribution < -0.4 is 5.32 Å². The zero-order chi connectivity index (χ0) is 15.6. The number of nitrogens with zero attached hydrogens (tertiary/aromatic N) is 2. The van der Waals surface area contributed by atoms with E-state index in [9.17, 15) is 17.6 Å². The number of benzene rings is 1. The fourth-order valence-electron chi connectivity index (χ4n) is 2.18. The van der Waals surface area contributed by atoms with Gasteiger partial charge >= 0.3 is 6.03 Å². The van der Waals surface area contributed by atoms with Crippen molar-refractivity contribution < 1.29 is 17.6 Å². The topological polar surface area (TPSA) is 69.7 Å². The van der Waals surface area contributed by atoms with Gasteiger partial charge in [-0.25, -0.2) is 17.6 Å². The highest BCUT2D eigenvalue weighted by Crippen LogP contribution is 2.17. The van der Waals surface area contributed by atoms with Gasteiger partial charge in [-0.05, 0) is 30.7 Å². The van der Waals surface area contributed by atoms with E-state index < -0.39 is 10.0 Å². The Bertz CT molecular complexity index is 640. The summed E-state index contributed by atoms with van der Waals surface area (Å²) in [4.78, 5) is 13.7. The average Bonchev–Trinajstić information content (AvgIpc) is 2.41. The Morgan fingerprint density at radius 1 is 1.24 bits per heavy atom. The molecule has 1 aliphatic heterocycles. The number of sulfonamides is 1. The number of rotatable bonds is 2. The monoisotopic (exact) mass is 315 g/mol. The number of halogens is 1. The van der Waals surface area contributed by atoms with Gasteiger partial charge in [0.2, 0.25) is 10.0 Å². The molecule has 0 radical (unpaired) electrons. The zero-order valence-corrected chi connectivity index (χ0v) is 12.8. The Labute approximate surface area is 123 Å². The average molecular weight is 315 g/mol. The van der Waals surface area contributed by atoms with E-state index in [1.165, 1.54) is 22.5 Å². The van der Waals surface area contributed by atoms with Crippen molar-refractivity contribution in [3.63, 3.8) is 0 Å². The van der Waals surface area contributed by atoms with Crippen LogP contribution in [0.1, 0.15) is 5.56 Å². The third kappa shape index (κ3) is 3.92.